The Morgan fingerprint density at radius 2 is 1.84 bits per heavy atom. The molecule has 0 unspecified atom stereocenters. The predicted octanol–water partition coefficient (Wildman–Crippen LogP) is 1.45. The van der Waals surface area contributed by atoms with Gasteiger partial charge in [-0.2, -0.15) is 5.10 Å². The summed E-state index contributed by atoms with van der Waals surface area (Å²) in [5.41, 5.74) is 2.61. The summed E-state index contributed by atoms with van der Waals surface area (Å²) >= 11 is 0. The molecule has 3 rings (SSSR count). The summed E-state index contributed by atoms with van der Waals surface area (Å²) in [5, 5.41) is 7.37. The molecule has 2 saturated heterocycles. The minimum atomic E-state index is -0.00141. The Kier molecular flexibility index (Phi) is 5.13. The first-order chi connectivity index (χ1) is 11.9. The number of hydrogen-bond acceptors (Lipinski definition) is 4. The molecular weight excluding hydrogens is 318 g/mol. The summed E-state index contributed by atoms with van der Waals surface area (Å²) in [6, 6.07) is 0.558. The lowest BCUT2D eigenvalue weighted by atomic mass is 10.0. The largest absolute Gasteiger partial charge is 0.338 e. The van der Waals surface area contributed by atoms with E-state index in [-0.39, 0.29) is 17.9 Å². The maximum absolute atomic E-state index is 12.6. The van der Waals surface area contributed by atoms with Crippen LogP contribution in [0.2, 0.25) is 0 Å². The minimum Gasteiger partial charge on any atom is -0.338 e. The van der Waals surface area contributed by atoms with Crippen LogP contribution in [0.1, 0.15) is 44.0 Å². The Balaban J connectivity index is 1.65. The summed E-state index contributed by atoms with van der Waals surface area (Å²) in [5.74, 6) is 0.152. The topological polar surface area (TPSA) is 70.5 Å². The van der Waals surface area contributed by atoms with Crippen molar-refractivity contribution in [3.8, 4) is 0 Å². The molecule has 2 amide bonds. The number of hydrogen-bond donors (Lipinski definition) is 1. The van der Waals surface area contributed by atoms with Crippen molar-refractivity contribution < 1.29 is 9.59 Å². The number of carbonyl (C=O) groups excluding carboxylic acids is 2. The van der Waals surface area contributed by atoms with Gasteiger partial charge >= 0.3 is 0 Å². The van der Waals surface area contributed by atoms with Gasteiger partial charge in [0.1, 0.15) is 0 Å². The van der Waals surface area contributed by atoms with Crippen molar-refractivity contribution in [2.75, 3.05) is 25.0 Å². The first kappa shape index (κ1) is 17.9. The third-order valence-corrected chi connectivity index (χ3v) is 5.68. The maximum atomic E-state index is 12.6. The summed E-state index contributed by atoms with van der Waals surface area (Å²) in [6.45, 7) is 7.66. The average Bonchev–Trinajstić information content (AvgIpc) is 3.24. The van der Waals surface area contributed by atoms with Crippen molar-refractivity contribution in [3.05, 3.63) is 11.4 Å². The zero-order chi connectivity index (χ0) is 18.1. The standard InChI is InChI=1S/C18H29N5O2/c1-12-18(13(2)21(4)20-12)19-17(25)11-22-9-5-7-15(22)16-8-6-10-23(16)14(3)24/h15-16H,5-11H2,1-4H3,(H,19,25)/t15-,16+/m0/s1. The number of rotatable bonds is 4. The fourth-order valence-electron chi connectivity index (χ4n) is 4.39. The third kappa shape index (κ3) is 3.56. The molecule has 0 saturated carbocycles. The van der Waals surface area contributed by atoms with Gasteiger partial charge in [-0.05, 0) is 46.1 Å². The monoisotopic (exact) mass is 347 g/mol. The van der Waals surface area contributed by atoms with E-state index in [1.165, 1.54) is 0 Å². The van der Waals surface area contributed by atoms with Gasteiger partial charge in [0, 0.05) is 32.6 Å². The van der Waals surface area contributed by atoms with Crippen LogP contribution in [-0.4, -0.2) is 63.1 Å². The smallest absolute Gasteiger partial charge is 0.238 e. The highest BCUT2D eigenvalue weighted by molar-refractivity contribution is 5.93. The number of aromatic nitrogens is 2. The molecule has 138 valence electrons. The fourth-order valence-corrected chi connectivity index (χ4v) is 4.39. The van der Waals surface area contributed by atoms with E-state index in [0.29, 0.717) is 12.6 Å². The second-order valence-electron chi connectivity index (χ2n) is 7.32. The van der Waals surface area contributed by atoms with Crippen LogP contribution < -0.4 is 5.32 Å². The molecule has 7 heteroatoms. The minimum absolute atomic E-state index is 0.00141. The molecule has 0 radical (unpaired) electrons. The second kappa shape index (κ2) is 7.15. The summed E-state index contributed by atoms with van der Waals surface area (Å²) in [4.78, 5) is 28.7. The van der Waals surface area contributed by atoms with Gasteiger partial charge in [-0.25, -0.2) is 0 Å². The van der Waals surface area contributed by atoms with E-state index in [1.54, 1.807) is 11.6 Å². The molecular formula is C18H29N5O2. The fraction of sp³-hybridized carbons (Fsp3) is 0.722. The first-order valence-corrected chi connectivity index (χ1v) is 9.19. The Bertz CT molecular complexity index is 669. The van der Waals surface area contributed by atoms with Crippen molar-refractivity contribution in [1.82, 2.24) is 19.6 Å². The van der Waals surface area contributed by atoms with Gasteiger partial charge in [0.15, 0.2) is 0 Å². The number of aryl methyl sites for hydroxylation is 2. The zero-order valence-electron chi connectivity index (χ0n) is 15.7. The average molecular weight is 347 g/mol. The Morgan fingerprint density at radius 3 is 2.48 bits per heavy atom. The number of amides is 2. The van der Waals surface area contributed by atoms with E-state index < -0.39 is 0 Å². The van der Waals surface area contributed by atoms with Crippen LogP contribution in [0.15, 0.2) is 0 Å². The lowest BCUT2D eigenvalue weighted by Crippen LogP contribution is -2.49. The Hall–Kier alpha value is -1.89. The van der Waals surface area contributed by atoms with Crippen molar-refractivity contribution in [2.45, 2.75) is 58.5 Å². The van der Waals surface area contributed by atoms with Crippen molar-refractivity contribution in [2.24, 2.45) is 7.05 Å². The highest BCUT2D eigenvalue weighted by atomic mass is 16.2. The van der Waals surface area contributed by atoms with Gasteiger partial charge in [0.05, 0.1) is 23.6 Å². The van der Waals surface area contributed by atoms with Gasteiger partial charge in [0.2, 0.25) is 11.8 Å². The number of anilines is 1. The van der Waals surface area contributed by atoms with Gasteiger partial charge in [-0.3, -0.25) is 19.2 Å². The van der Waals surface area contributed by atoms with Gasteiger partial charge < -0.3 is 10.2 Å². The van der Waals surface area contributed by atoms with Crippen molar-refractivity contribution in [1.29, 1.82) is 0 Å². The van der Waals surface area contributed by atoms with Crippen LogP contribution in [0.25, 0.3) is 0 Å². The summed E-state index contributed by atoms with van der Waals surface area (Å²) in [6.07, 6.45) is 4.26. The molecule has 25 heavy (non-hydrogen) atoms. The number of carbonyl (C=O) groups is 2. The van der Waals surface area contributed by atoms with E-state index in [2.05, 4.69) is 15.3 Å². The molecule has 3 heterocycles. The normalized spacial score (nSPS) is 24.1. The molecule has 0 spiro atoms. The molecule has 0 bridgehead atoms. The number of nitrogens with one attached hydrogen (secondary N) is 1. The van der Waals surface area contributed by atoms with E-state index >= 15 is 0 Å². The van der Waals surface area contributed by atoms with Crippen molar-refractivity contribution in [3.63, 3.8) is 0 Å². The summed E-state index contributed by atoms with van der Waals surface area (Å²) in [7, 11) is 1.88. The van der Waals surface area contributed by atoms with E-state index in [4.69, 9.17) is 0 Å². The maximum Gasteiger partial charge on any atom is 0.238 e. The number of nitrogens with zero attached hydrogens (tertiary/aromatic N) is 4. The van der Waals surface area contributed by atoms with Crippen LogP contribution in [0.5, 0.6) is 0 Å². The molecule has 2 aliphatic heterocycles. The lowest BCUT2D eigenvalue weighted by Gasteiger charge is -2.34. The van der Waals surface area contributed by atoms with Crippen molar-refractivity contribution >= 4 is 17.5 Å². The van der Waals surface area contributed by atoms with E-state index in [1.807, 2.05) is 25.8 Å². The number of likely N-dealkylation sites (tertiary alicyclic amines) is 2. The highest BCUT2D eigenvalue weighted by Crippen LogP contribution is 2.30. The zero-order valence-corrected chi connectivity index (χ0v) is 15.7. The highest BCUT2D eigenvalue weighted by Gasteiger charge is 2.39. The molecule has 2 aliphatic rings. The van der Waals surface area contributed by atoms with Crippen LogP contribution in [0, 0.1) is 13.8 Å². The van der Waals surface area contributed by atoms with Crippen LogP contribution in [0.3, 0.4) is 0 Å². The molecule has 2 fully saturated rings. The predicted molar refractivity (Wildman–Crippen MR) is 96.3 cm³/mol. The molecule has 0 aliphatic carbocycles. The third-order valence-electron chi connectivity index (χ3n) is 5.68. The second-order valence-corrected chi connectivity index (χ2v) is 7.32. The van der Waals surface area contributed by atoms with Crippen LogP contribution in [0.4, 0.5) is 5.69 Å². The van der Waals surface area contributed by atoms with Crippen LogP contribution in [-0.2, 0) is 16.6 Å². The quantitative estimate of drug-likeness (QED) is 0.895. The SMILES string of the molecule is CC(=O)N1CCC[C@@H]1[C@@H]1CCCN1CC(=O)Nc1c(C)nn(C)c1C. The Labute approximate surface area is 149 Å². The van der Waals surface area contributed by atoms with E-state index in [9.17, 15) is 9.59 Å². The lowest BCUT2D eigenvalue weighted by molar-refractivity contribution is -0.130. The van der Waals surface area contributed by atoms with Gasteiger partial charge in [0.25, 0.3) is 0 Å². The van der Waals surface area contributed by atoms with E-state index in [0.717, 1.165) is 55.8 Å². The van der Waals surface area contributed by atoms with Gasteiger partial charge in [-0.15, -0.1) is 0 Å². The van der Waals surface area contributed by atoms with Crippen LogP contribution >= 0.6 is 0 Å². The molecule has 1 aromatic heterocycles. The molecule has 0 aromatic carbocycles. The first-order valence-electron chi connectivity index (χ1n) is 9.19. The van der Waals surface area contributed by atoms with Gasteiger partial charge in [-0.1, -0.05) is 0 Å². The molecule has 1 aromatic rings. The molecule has 2 atom stereocenters. The molecule has 1 N–H and O–H groups in total. The Morgan fingerprint density at radius 1 is 1.16 bits per heavy atom. The molecule has 7 nitrogen and oxygen atoms in total. The summed E-state index contributed by atoms with van der Waals surface area (Å²) < 4.78 is 1.78.